The maximum Gasteiger partial charge on any atom is 0.299 e. The first-order chi connectivity index (χ1) is 12.3. The number of benzene rings is 1. The van der Waals surface area contributed by atoms with Gasteiger partial charge in [-0.15, -0.1) is 0 Å². The molecule has 0 radical (unpaired) electrons. The lowest BCUT2D eigenvalue weighted by atomic mass is 10.3. The van der Waals surface area contributed by atoms with Crippen molar-refractivity contribution in [3.8, 4) is 5.75 Å². The van der Waals surface area contributed by atoms with Crippen molar-refractivity contribution < 1.29 is 13.9 Å². The van der Waals surface area contributed by atoms with E-state index in [0.717, 1.165) is 5.52 Å². The molecule has 7 heteroatoms. The molecule has 0 aliphatic carbocycles. The Morgan fingerprint density at radius 3 is 2.64 bits per heavy atom. The average Bonchev–Trinajstić information content (AvgIpc) is 3.11. The quantitative estimate of drug-likeness (QED) is 0.724. The second-order valence-corrected chi connectivity index (χ2v) is 5.79. The zero-order valence-corrected chi connectivity index (χ0v) is 13.7. The number of para-hydroxylation sites is 1. The van der Waals surface area contributed by atoms with E-state index in [1.54, 1.807) is 11.1 Å². The van der Waals surface area contributed by atoms with Crippen LogP contribution in [0.2, 0.25) is 0 Å². The molecule has 128 valence electrons. The van der Waals surface area contributed by atoms with Crippen LogP contribution in [0.25, 0.3) is 11.2 Å². The Morgan fingerprint density at radius 1 is 1.08 bits per heavy atom. The summed E-state index contributed by atoms with van der Waals surface area (Å²) in [5, 5.41) is 0. The second-order valence-electron chi connectivity index (χ2n) is 5.79. The lowest BCUT2D eigenvalue weighted by Gasteiger charge is -2.33. The van der Waals surface area contributed by atoms with E-state index < -0.39 is 0 Å². The van der Waals surface area contributed by atoms with Crippen molar-refractivity contribution in [1.82, 2.24) is 14.9 Å². The van der Waals surface area contributed by atoms with Crippen LogP contribution < -0.4 is 9.64 Å². The highest BCUT2D eigenvalue weighted by Gasteiger charge is 2.24. The summed E-state index contributed by atoms with van der Waals surface area (Å²) in [7, 11) is 0. The topological polar surface area (TPSA) is 71.7 Å². The molecule has 25 heavy (non-hydrogen) atoms. The average molecular weight is 338 g/mol. The number of piperazine rings is 1. The number of anilines is 1. The monoisotopic (exact) mass is 338 g/mol. The Bertz CT molecular complexity index is 824. The van der Waals surface area contributed by atoms with Gasteiger partial charge in [0, 0.05) is 32.4 Å². The minimum Gasteiger partial charge on any atom is -0.484 e. The van der Waals surface area contributed by atoms with Crippen molar-refractivity contribution in [2.24, 2.45) is 0 Å². The fourth-order valence-electron chi connectivity index (χ4n) is 2.79. The van der Waals surface area contributed by atoms with Crippen LogP contribution in [0, 0.1) is 0 Å². The summed E-state index contributed by atoms with van der Waals surface area (Å²) in [5.41, 5.74) is 1.28. The van der Waals surface area contributed by atoms with Crippen LogP contribution in [0.15, 0.2) is 53.1 Å². The Hall–Kier alpha value is -3.09. The molecule has 1 aliphatic rings. The lowest BCUT2D eigenvalue weighted by Crippen LogP contribution is -2.50. The van der Waals surface area contributed by atoms with Gasteiger partial charge in [-0.3, -0.25) is 4.79 Å². The van der Waals surface area contributed by atoms with Crippen LogP contribution in [0.1, 0.15) is 0 Å². The summed E-state index contributed by atoms with van der Waals surface area (Å²) in [6.45, 7) is 2.62. The summed E-state index contributed by atoms with van der Waals surface area (Å²) in [6, 6.07) is 13.6. The number of ether oxygens (including phenoxy) is 1. The lowest BCUT2D eigenvalue weighted by molar-refractivity contribution is -0.133. The highest BCUT2D eigenvalue weighted by Crippen LogP contribution is 2.21. The molecule has 1 amide bonds. The third-order valence-electron chi connectivity index (χ3n) is 4.16. The Balaban J connectivity index is 1.32. The second kappa shape index (κ2) is 6.80. The van der Waals surface area contributed by atoms with Crippen molar-refractivity contribution in [1.29, 1.82) is 0 Å². The van der Waals surface area contributed by atoms with E-state index in [1.807, 2.05) is 47.4 Å². The van der Waals surface area contributed by atoms with Gasteiger partial charge in [0.2, 0.25) is 5.71 Å². The number of rotatable bonds is 4. The highest BCUT2D eigenvalue weighted by molar-refractivity contribution is 5.78. The fourth-order valence-corrected chi connectivity index (χ4v) is 2.79. The summed E-state index contributed by atoms with van der Waals surface area (Å²) >= 11 is 0. The fraction of sp³-hybridized carbons (Fsp3) is 0.278. The van der Waals surface area contributed by atoms with E-state index in [0.29, 0.717) is 43.7 Å². The van der Waals surface area contributed by atoms with Gasteiger partial charge < -0.3 is 19.0 Å². The van der Waals surface area contributed by atoms with Crippen LogP contribution in [0.3, 0.4) is 0 Å². The van der Waals surface area contributed by atoms with E-state index in [9.17, 15) is 4.79 Å². The van der Waals surface area contributed by atoms with E-state index in [-0.39, 0.29) is 12.5 Å². The summed E-state index contributed by atoms with van der Waals surface area (Å²) in [6.07, 6.45) is 1.68. The predicted molar refractivity (Wildman–Crippen MR) is 92.5 cm³/mol. The number of pyridine rings is 1. The number of hydrogen-bond acceptors (Lipinski definition) is 6. The number of oxazole rings is 1. The van der Waals surface area contributed by atoms with Gasteiger partial charge in [0.1, 0.15) is 11.3 Å². The maximum absolute atomic E-state index is 12.3. The minimum absolute atomic E-state index is 0.0114. The van der Waals surface area contributed by atoms with E-state index in [4.69, 9.17) is 9.15 Å². The SMILES string of the molecule is O=C(COc1ccccc1)N1CCN(c2nc3cccnc3o2)CC1. The molecular formula is C18H18N4O3. The number of hydrogen-bond donors (Lipinski definition) is 0. The first-order valence-corrected chi connectivity index (χ1v) is 8.22. The van der Waals surface area contributed by atoms with Crippen LogP contribution in [0.4, 0.5) is 6.01 Å². The molecule has 0 bridgehead atoms. The van der Waals surface area contributed by atoms with E-state index in [2.05, 4.69) is 9.97 Å². The summed E-state index contributed by atoms with van der Waals surface area (Å²) in [5.74, 6) is 0.691. The molecule has 0 saturated carbocycles. The maximum atomic E-state index is 12.3. The molecule has 0 unspecified atom stereocenters. The molecular weight excluding hydrogens is 320 g/mol. The Morgan fingerprint density at radius 2 is 1.88 bits per heavy atom. The standard InChI is InChI=1S/C18H18N4O3/c23-16(13-24-14-5-2-1-3-6-14)21-9-11-22(12-10-21)18-20-15-7-4-8-19-17(15)25-18/h1-8H,9-13H2. The van der Waals surface area contributed by atoms with Crippen LogP contribution in [0.5, 0.6) is 5.75 Å². The van der Waals surface area contributed by atoms with Crippen molar-refractivity contribution in [2.75, 3.05) is 37.7 Å². The molecule has 4 rings (SSSR count). The van der Waals surface area contributed by atoms with Gasteiger partial charge in [-0.25, -0.2) is 4.98 Å². The molecule has 1 aliphatic heterocycles. The number of fused-ring (bicyclic) bond motifs is 1. The largest absolute Gasteiger partial charge is 0.484 e. The molecule has 1 saturated heterocycles. The van der Waals surface area contributed by atoms with Gasteiger partial charge in [0.25, 0.3) is 11.9 Å². The number of carbonyl (C=O) groups is 1. The van der Waals surface area contributed by atoms with Gasteiger partial charge in [-0.05, 0) is 24.3 Å². The Kier molecular flexibility index (Phi) is 4.20. The van der Waals surface area contributed by atoms with Crippen molar-refractivity contribution >= 4 is 23.2 Å². The van der Waals surface area contributed by atoms with Gasteiger partial charge >= 0.3 is 0 Å². The zero-order chi connectivity index (χ0) is 17.1. The van der Waals surface area contributed by atoms with Crippen LogP contribution in [-0.2, 0) is 4.79 Å². The molecule has 0 N–H and O–H groups in total. The molecule has 3 aromatic rings. The molecule has 0 spiro atoms. The number of aromatic nitrogens is 2. The van der Waals surface area contributed by atoms with E-state index >= 15 is 0 Å². The number of nitrogens with zero attached hydrogens (tertiary/aromatic N) is 4. The van der Waals surface area contributed by atoms with Gasteiger partial charge in [-0.2, -0.15) is 4.98 Å². The van der Waals surface area contributed by atoms with Gasteiger partial charge in [-0.1, -0.05) is 18.2 Å². The predicted octanol–water partition coefficient (Wildman–Crippen LogP) is 1.95. The number of amides is 1. The smallest absolute Gasteiger partial charge is 0.299 e. The molecule has 1 fully saturated rings. The van der Waals surface area contributed by atoms with Gasteiger partial charge in [0.05, 0.1) is 0 Å². The summed E-state index contributed by atoms with van der Waals surface area (Å²) in [4.78, 5) is 24.7. The van der Waals surface area contributed by atoms with Crippen molar-refractivity contribution in [3.05, 3.63) is 48.7 Å². The molecule has 3 heterocycles. The third-order valence-corrected chi connectivity index (χ3v) is 4.16. The molecule has 0 atom stereocenters. The normalized spacial score (nSPS) is 14.7. The van der Waals surface area contributed by atoms with Crippen molar-refractivity contribution in [3.63, 3.8) is 0 Å². The highest BCUT2D eigenvalue weighted by atomic mass is 16.5. The molecule has 7 nitrogen and oxygen atoms in total. The van der Waals surface area contributed by atoms with E-state index in [1.165, 1.54) is 0 Å². The van der Waals surface area contributed by atoms with Crippen molar-refractivity contribution in [2.45, 2.75) is 0 Å². The van der Waals surface area contributed by atoms with Crippen LogP contribution >= 0.6 is 0 Å². The first kappa shape index (κ1) is 15.4. The van der Waals surface area contributed by atoms with Crippen LogP contribution in [-0.4, -0.2) is 53.6 Å². The molecule has 2 aromatic heterocycles. The van der Waals surface area contributed by atoms with Gasteiger partial charge in [0.15, 0.2) is 6.61 Å². The number of carbonyl (C=O) groups excluding carboxylic acids is 1. The third kappa shape index (κ3) is 3.40. The Labute approximate surface area is 144 Å². The zero-order valence-electron chi connectivity index (χ0n) is 13.7. The molecule has 1 aromatic carbocycles. The minimum atomic E-state index is -0.0114. The summed E-state index contributed by atoms with van der Waals surface area (Å²) < 4.78 is 11.2. The first-order valence-electron chi connectivity index (χ1n) is 8.22.